The van der Waals surface area contributed by atoms with Crippen LogP contribution in [0.1, 0.15) is 13.8 Å². The van der Waals surface area contributed by atoms with Crippen LogP contribution in [0.4, 0.5) is 0 Å². The Balaban J connectivity index is 0.00000156. The molecule has 2 nitrogen and oxygen atoms in total. The molecular weight excluding hydrogens is 605 g/mol. The molecule has 0 atom stereocenters. The first-order valence-electron chi connectivity index (χ1n) is 17.6. The third kappa shape index (κ3) is 4.09. The Hall–Kier alpha value is -6.38. The highest BCUT2D eigenvalue weighted by Gasteiger charge is 2.23. The molecule has 0 radical (unpaired) electrons. The van der Waals surface area contributed by atoms with Crippen molar-refractivity contribution in [2.45, 2.75) is 13.8 Å². The Kier molecular flexibility index (Phi) is 6.34. The van der Waals surface area contributed by atoms with Crippen molar-refractivity contribution in [3.05, 3.63) is 164 Å². The normalized spacial score (nSPS) is 11.8. The van der Waals surface area contributed by atoms with Crippen molar-refractivity contribution in [2.24, 2.45) is 0 Å². The Morgan fingerprint density at radius 2 is 0.980 bits per heavy atom. The average molecular weight is 639 g/mol. The summed E-state index contributed by atoms with van der Waals surface area (Å²) in [4.78, 5) is 3.77. The summed E-state index contributed by atoms with van der Waals surface area (Å²) in [5.74, 6) is 0. The average Bonchev–Trinajstić information content (AvgIpc) is 3.84. The summed E-state index contributed by atoms with van der Waals surface area (Å²) in [7, 11) is 0. The van der Waals surface area contributed by atoms with E-state index in [4.69, 9.17) is 0 Å². The summed E-state index contributed by atoms with van der Waals surface area (Å²) < 4.78 is 2.41. The minimum absolute atomic E-state index is 1.17. The van der Waals surface area contributed by atoms with Crippen LogP contribution in [0.15, 0.2) is 164 Å². The van der Waals surface area contributed by atoms with Crippen LogP contribution in [0.2, 0.25) is 0 Å². The number of aromatic amines is 1. The van der Waals surface area contributed by atoms with E-state index in [2.05, 4.69) is 173 Å². The number of H-pyrrole nitrogens is 1. The Morgan fingerprint density at radius 3 is 1.84 bits per heavy atom. The van der Waals surface area contributed by atoms with E-state index in [0.717, 1.165) is 0 Å². The molecule has 0 bridgehead atoms. The second-order valence-corrected chi connectivity index (χ2v) is 13.0. The fourth-order valence-electron chi connectivity index (χ4n) is 8.33. The number of hydrogen-bond acceptors (Lipinski definition) is 0. The fourth-order valence-corrected chi connectivity index (χ4v) is 8.33. The van der Waals surface area contributed by atoms with Gasteiger partial charge in [-0.3, -0.25) is 0 Å². The van der Waals surface area contributed by atoms with Crippen LogP contribution in [0, 0.1) is 0 Å². The van der Waals surface area contributed by atoms with Crippen LogP contribution >= 0.6 is 0 Å². The molecule has 0 fully saturated rings. The van der Waals surface area contributed by atoms with Gasteiger partial charge in [0.05, 0.1) is 11.0 Å². The van der Waals surface area contributed by atoms with Gasteiger partial charge in [-0.25, -0.2) is 0 Å². The van der Waals surface area contributed by atoms with E-state index in [0.29, 0.717) is 0 Å². The SMILES string of the molecule is CC.c1ccc(-c2cccc(-n3c4ccccc4c4cc(-c5ccc6[nH]c7cc8c9c(cccc9c7c6c5)-c5ccccc5-8)ccc43)c2)cc1. The highest BCUT2D eigenvalue weighted by molar-refractivity contribution is 6.29. The summed E-state index contributed by atoms with van der Waals surface area (Å²) in [6.07, 6.45) is 0. The van der Waals surface area contributed by atoms with Gasteiger partial charge < -0.3 is 9.55 Å². The zero-order chi connectivity index (χ0) is 33.3. The molecule has 0 spiro atoms. The molecule has 1 N–H and O–H groups in total. The predicted molar refractivity (Wildman–Crippen MR) is 214 cm³/mol. The maximum absolute atomic E-state index is 3.77. The maximum Gasteiger partial charge on any atom is 0.0541 e. The van der Waals surface area contributed by atoms with Crippen molar-refractivity contribution in [3.63, 3.8) is 0 Å². The molecule has 0 saturated carbocycles. The van der Waals surface area contributed by atoms with Gasteiger partial charge in [-0.1, -0.05) is 129 Å². The van der Waals surface area contributed by atoms with Gasteiger partial charge in [-0.2, -0.15) is 0 Å². The van der Waals surface area contributed by atoms with Crippen molar-refractivity contribution >= 4 is 54.4 Å². The lowest BCUT2D eigenvalue weighted by Gasteiger charge is -2.11. The first kappa shape index (κ1) is 28.6. The van der Waals surface area contributed by atoms with Crippen LogP contribution in [0.5, 0.6) is 0 Å². The maximum atomic E-state index is 3.77. The molecule has 1 aliphatic carbocycles. The molecule has 0 amide bonds. The Labute approximate surface area is 290 Å². The van der Waals surface area contributed by atoms with Crippen LogP contribution in [-0.4, -0.2) is 9.55 Å². The molecule has 8 aromatic carbocycles. The molecule has 0 unspecified atom stereocenters. The van der Waals surface area contributed by atoms with Gasteiger partial charge in [-0.05, 0) is 104 Å². The van der Waals surface area contributed by atoms with Crippen molar-refractivity contribution in [1.29, 1.82) is 0 Å². The number of aromatic nitrogens is 2. The second kappa shape index (κ2) is 11.1. The smallest absolute Gasteiger partial charge is 0.0541 e. The number of para-hydroxylation sites is 1. The summed E-state index contributed by atoms with van der Waals surface area (Å²) in [6.45, 7) is 4.00. The van der Waals surface area contributed by atoms with Crippen LogP contribution in [0.25, 0.3) is 105 Å². The monoisotopic (exact) mass is 638 g/mol. The third-order valence-electron chi connectivity index (χ3n) is 10.4. The van der Waals surface area contributed by atoms with E-state index in [1.54, 1.807) is 0 Å². The predicted octanol–water partition coefficient (Wildman–Crippen LogP) is 13.6. The third-order valence-corrected chi connectivity index (χ3v) is 10.4. The number of fused-ring (bicyclic) bond motifs is 10. The van der Waals surface area contributed by atoms with Crippen LogP contribution in [0.3, 0.4) is 0 Å². The molecule has 0 saturated heterocycles. The summed E-state index contributed by atoms with van der Waals surface area (Å²) in [5.41, 5.74) is 16.1. The molecule has 2 aromatic heterocycles. The second-order valence-electron chi connectivity index (χ2n) is 13.0. The van der Waals surface area contributed by atoms with Gasteiger partial charge in [0.25, 0.3) is 0 Å². The first-order chi connectivity index (χ1) is 24.8. The quantitative estimate of drug-likeness (QED) is 0.199. The van der Waals surface area contributed by atoms with Crippen molar-refractivity contribution in [3.8, 4) is 50.2 Å². The molecule has 0 aliphatic heterocycles. The lowest BCUT2D eigenvalue weighted by atomic mass is 9.96. The molecule has 2 heteroatoms. The van der Waals surface area contributed by atoms with E-state index in [9.17, 15) is 0 Å². The fraction of sp³-hybridized carbons (Fsp3) is 0.0417. The van der Waals surface area contributed by atoms with E-state index >= 15 is 0 Å². The van der Waals surface area contributed by atoms with Gasteiger partial charge >= 0.3 is 0 Å². The lowest BCUT2D eigenvalue weighted by molar-refractivity contribution is 1.18. The number of nitrogens with zero attached hydrogens (tertiary/aromatic N) is 1. The van der Waals surface area contributed by atoms with Crippen molar-refractivity contribution < 1.29 is 0 Å². The molecule has 2 heterocycles. The Bertz CT molecular complexity index is 2940. The lowest BCUT2D eigenvalue weighted by Crippen LogP contribution is -1.94. The zero-order valence-electron chi connectivity index (χ0n) is 28.0. The number of nitrogens with one attached hydrogen (secondary N) is 1. The van der Waals surface area contributed by atoms with Gasteiger partial charge in [0, 0.05) is 38.3 Å². The van der Waals surface area contributed by atoms with Crippen molar-refractivity contribution in [1.82, 2.24) is 9.55 Å². The zero-order valence-corrected chi connectivity index (χ0v) is 28.0. The van der Waals surface area contributed by atoms with Gasteiger partial charge in [0.2, 0.25) is 0 Å². The highest BCUT2D eigenvalue weighted by Crippen LogP contribution is 2.50. The van der Waals surface area contributed by atoms with Crippen molar-refractivity contribution in [2.75, 3.05) is 0 Å². The van der Waals surface area contributed by atoms with E-state index in [1.165, 1.54) is 105 Å². The number of rotatable bonds is 3. The minimum atomic E-state index is 1.17. The van der Waals surface area contributed by atoms with E-state index in [-0.39, 0.29) is 0 Å². The minimum Gasteiger partial charge on any atom is -0.354 e. The summed E-state index contributed by atoms with van der Waals surface area (Å²) in [5, 5.41) is 7.77. The molecular formula is C48H34N2. The number of hydrogen-bond donors (Lipinski definition) is 1. The van der Waals surface area contributed by atoms with Gasteiger partial charge in [0.15, 0.2) is 0 Å². The first-order valence-corrected chi connectivity index (χ1v) is 17.6. The molecule has 11 rings (SSSR count). The molecule has 236 valence electrons. The number of benzene rings is 8. The van der Waals surface area contributed by atoms with E-state index in [1.807, 2.05) is 13.8 Å². The highest BCUT2D eigenvalue weighted by atomic mass is 15.0. The molecule has 1 aliphatic rings. The Morgan fingerprint density at radius 1 is 0.360 bits per heavy atom. The largest absolute Gasteiger partial charge is 0.354 e. The summed E-state index contributed by atoms with van der Waals surface area (Å²) in [6, 6.07) is 60.1. The van der Waals surface area contributed by atoms with Gasteiger partial charge in [0.1, 0.15) is 0 Å². The summed E-state index contributed by atoms with van der Waals surface area (Å²) >= 11 is 0. The topological polar surface area (TPSA) is 20.7 Å². The molecule has 10 aromatic rings. The molecule has 50 heavy (non-hydrogen) atoms. The van der Waals surface area contributed by atoms with Crippen LogP contribution in [-0.2, 0) is 0 Å². The van der Waals surface area contributed by atoms with Gasteiger partial charge in [-0.15, -0.1) is 0 Å². The standard InChI is InChI=1S/C46H28N2.C2H6/c1-2-10-28(11-3-1)29-12-8-13-32(24-29)48-43-19-7-6-16-35(43)38-25-31(21-23-44(38)48)30-20-22-41-40(26-30)46-37-18-9-17-36-33-14-4-5-15-34(33)39(45(36)37)27-42(46)47-41;1-2/h1-27,47H;1-2H3. The van der Waals surface area contributed by atoms with E-state index < -0.39 is 0 Å². The van der Waals surface area contributed by atoms with Crippen LogP contribution < -0.4 is 0 Å².